The van der Waals surface area contributed by atoms with E-state index in [4.69, 9.17) is 4.52 Å². The molecular weight excluding hydrogens is 268 g/mol. The molecule has 116 valence electrons. The zero-order valence-electron chi connectivity index (χ0n) is 12.8. The van der Waals surface area contributed by atoms with E-state index >= 15 is 0 Å². The lowest BCUT2D eigenvalue weighted by Gasteiger charge is -2.20. The van der Waals surface area contributed by atoms with Gasteiger partial charge in [0.1, 0.15) is 0 Å². The van der Waals surface area contributed by atoms with Crippen LogP contribution in [0.1, 0.15) is 68.5 Å². The van der Waals surface area contributed by atoms with Gasteiger partial charge in [-0.1, -0.05) is 25.4 Å². The van der Waals surface area contributed by atoms with Crippen LogP contribution in [0.3, 0.4) is 0 Å². The SMILES string of the molecule is CCC1CCC(NC(=O)c2noc(C3CCCN3)n2)C1C. The van der Waals surface area contributed by atoms with Gasteiger partial charge in [-0.25, -0.2) is 0 Å². The number of amides is 1. The fourth-order valence-electron chi connectivity index (χ4n) is 3.62. The Kier molecular flexibility index (Phi) is 4.24. The number of aromatic nitrogens is 2. The fourth-order valence-corrected chi connectivity index (χ4v) is 3.62. The lowest BCUT2D eigenvalue weighted by atomic mass is 9.93. The molecule has 2 aliphatic rings. The molecule has 21 heavy (non-hydrogen) atoms. The van der Waals surface area contributed by atoms with E-state index in [-0.39, 0.29) is 23.8 Å². The Balaban J connectivity index is 1.60. The maximum absolute atomic E-state index is 12.3. The van der Waals surface area contributed by atoms with Gasteiger partial charge in [0.25, 0.3) is 11.7 Å². The molecule has 6 nitrogen and oxygen atoms in total. The van der Waals surface area contributed by atoms with Crippen molar-refractivity contribution in [2.75, 3.05) is 6.54 Å². The number of carbonyl (C=O) groups is 1. The summed E-state index contributed by atoms with van der Waals surface area (Å²) in [5, 5.41) is 10.2. The number of hydrogen-bond donors (Lipinski definition) is 2. The highest BCUT2D eigenvalue weighted by Crippen LogP contribution is 2.33. The van der Waals surface area contributed by atoms with Crippen molar-refractivity contribution < 1.29 is 9.32 Å². The minimum atomic E-state index is -0.211. The van der Waals surface area contributed by atoms with Crippen molar-refractivity contribution in [3.63, 3.8) is 0 Å². The summed E-state index contributed by atoms with van der Waals surface area (Å²) in [6.45, 7) is 5.40. The summed E-state index contributed by atoms with van der Waals surface area (Å²) in [4.78, 5) is 16.5. The lowest BCUT2D eigenvalue weighted by molar-refractivity contribution is 0.0913. The van der Waals surface area contributed by atoms with Gasteiger partial charge in [-0.15, -0.1) is 0 Å². The summed E-state index contributed by atoms with van der Waals surface area (Å²) < 4.78 is 5.22. The second-order valence-corrected chi connectivity index (χ2v) is 6.29. The van der Waals surface area contributed by atoms with Gasteiger partial charge < -0.3 is 15.2 Å². The van der Waals surface area contributed by atoms with Crippen molar-refractivity contribution in [1.82, 2.24) is 20.8 Å². The van der Waals surface area contributed by atoms with E-state index in [1.54, 1.807) is 0 Å². The quantitative estimate of drug-likeness (QED) is 0.887. The molecule has 4 unspecified atom stereocenters. The molecule has 0 bridgehead atoms. The average molecular weight is 292 g/mol. The van der Waals surface area contributed by atoms with Crippen LogP contribution in [-0.4, -0.2) is 28.6 Å². The first-order chi connectivity index (χ1) is 10.2. The summed E-state index contributed by atoms with van der Waals surface area (Å²) in [5.74, 6) is 1.70. The van der Waals surface area contributed by atoms with E-state index in [9.17, 15) is 4.79 Å². The van der Waals surface area contributed by atoms with Crippen LogP contribution in [0.25, 0.3) is 0 Å². The van der Waals surface area contributed by atoms with Gasteiger partial charge in [-0.2, -0.15) is 4.98 Å². The number of rotatable bonds is 4. The topological polar surface area (TPSA) is 80.0 Å². The highest BCUT2D eigenvalue weighted by atomic mass is 16.5. The summed E-state index contributed by atoms with van der Waals surface area (Å²) in [6, 6.07) is 0.336. The zero-order chi connectivity index (χ0) is 14.8. The summed E-state index contributed by atoms with van der Waals surface area (Å²) in [6.07, 6.45) is 5.49. The highest BCUT2D eigenvalue weighted by Gasteiger charge is 2.33. The Hall–Kier alpha value is -1.43. The van der Waals surface area contributed by atoms with Crippen LogP contribution in [0.2, 0.25) is 0 Å². The summed E-state index contributed by atoms with van der Waals surface area (Å²) in [7, 11) is 0. The molecule has 1 amide bonds. The number of nitrogens with one attached hydrogen (secondary N) is 2. The van der Waals surface area contributed by atoms with Crippen molar-refractivity contribution in [1.29, 1.82) is 0 Å². The predicted molar refractivity (Wildman–Crippen MR) is 77.7 cm³/mol. The minimum absolute atomic E-state index is 0.105. The Morgan fingerprint density at radius 1 is 1.43 bits per heavy atom. The molecule has 1 saturated carbocycles. The predicted octanol–water partition coefficient (Wildman–Crippen LogP) is 2.05. The van der Waals surface area contributed by atoms with Gasteiger partial charge in [-0.05, 0) is 44.1 Å². The molecule has 1 aromatic rings. The van der Waals surface area contributed by atoms with Crippen molar-refractivity contribution in [3.8, 4) is 0 Å². The monoisotopic (exact) mass is 292 g/mol. The molecule has 1 saturated heterocycles. The number of carbonyl (C=O) groups excluding carboxylic acids is 1. The molecule has 0 radical (unpaired) electrons. The van der Waals surface area contributed by atoms with Crippen LogP contribution < -0.4 is 10.6 Å². The van der Waals surface area contributed by atoms with Gasteiger partial charge in [0.15, 0.2) is 0 Å². The smallest absolute Gasteiger partial charge is 0.292 e. The van der Waals surface area contributed by atoms with Crippen LogP contribution in [0.15, 0.2) is 4.52 Å². The molecule has 2 N–H and O–H groups in total. The standard InChI is InChI=1S/C15H24N4O2/c1-3-10-6-7-11(9(10)2)17-14(20)13-18-15(21-19-13)12-5-4-8-16-12/h9-12,16H,3-8H2,1-2H3,(H,17,20). The first-order valence-corrected chi connectivity index (χ1v) is 8.07. The maximum atomic E-state index is 12.3. The molecule has 4 atom stereocenters. The normalized spacial score (nSPS) is 32.5. The molecule has 6 heteroatoms. The van der Waals surface area contributed by atoms with Crippen LogP contribution >= 0.6 is 0 Å². The van der Waals surface area contributed by atoms with Crippen molar-refractivity contribution in [2.24, 2.45) is 11.8 Å². The van der Waals surface area contributed by atoms with Gasteiger partial charge in [0.05, 0.1) is 6.04 Å². The summed E-state index contributed by atoms with van der Waals surface area (Å²) in [5.41, 5.74) is 0. The molecule has 3 rings (SSSR count). The first-order valence-electron chi connectivity index (χ1n) is 8.07. The van der Waals surface area contributed by atoms with Crippen molar-refractivity contribution in [3.05, 3.63) is 11.7 Å². The first kappa shape index (κ1) is 14.5. The highest BCUT2D eigenvalue weighted by molar-refractivity contribution is 5.90. The van der Waals surface area contributed by atoms with Crippen LogP contribution in [0.4, 0.5) is 0 Å². The second kappa shape index (κ2) is 6.13. The molecule has 1 aliphatic heterocycles. The molecule has 1 aromatic heterocycles. The van der Waals surface area contributed by atoms with Gasteiger partial charge >= 0.3 is 0 Å². The van der Waals surface area contributed by atoms with E-state index in [1.165, 1.54) is 12.8 Å². The average Bonchev–Trinajstić information content (AvgIpc) is 3.19. The molecule has 0 aromatic carbocycles. The molecular formula is C15H24N4O2. The number of hydrogen-bond acceptors (Lipinski definition) is 5. The second-order valence-electron chi connectivity index (χ2n) is 6.29. The number of nitrogens with zero attached hydrogens (tertiary/aromatic N) is 2. The van der Waals surface area contributed by atoms with Crippen molar-refractivity contribution >= 4 is 5.91 Å². The lowest BCUT2D eigenvalue weighted by Crippen LogP contribution is -2.38. The van der Waals surface area contributed by atoms with E-state index in [2.05, 4.69) is 34.6 Å². The Bertz CT molecular complexity index is 496. The van der Waals surface area contributed by atoms with E-state index in [0.29, 0.717) is 17.7 Å². The van der Waals surface area contributed by atoms with E-state index < -0.39 is 0 Å². The van der Waals surface area contributed by atoms with Crippen molar-refractivity contribution in [2.45, 2.75) is 58.0 Å². The fraction of sp³-hybridized carbons (Fsp3) is 0.800. The van der Waals surface area contributed by atoms with Gasteiger partial charge in [0, 0.05) is 6.04 Å². The third kappa shape index (κ3) is 2.95. The van der Waals surface area contributed by atoms with Gasteiger partial charge in [-0.3, -0.25) is 4.79 Å². The Labute approximate surface area is 125 Å². The van der Waals surface area contributed by atoms with Crippen LogP contribution in [-0.2, 0) is 0 Å². The molecule has 2 heterocycles. The third-order valence-electron chi connectivity index (χ3n) is 5.07. The molecule has 1 aliphatic carbocycles. The minimum Gasteiger partial charge on any atom is -0.346 e. The van der Waals surface area contributed by atoms with Crippen LogP contribution in [0, 0.1) is 11.8 Å². The van der Waals surface area contributed by atoms with E-state index in [1.807, 2.05) is 0 Å². The largest absolute Gasteiger partial charge is 0.346 e. The van der Waals surface area contributed by atoms with E-state index in [0.717, 1.165) is 25.8 Å². The third-order valence-corrected chi connectivity index (χ3v) is 5.07. The maximum Gasteiger partial charge on any atom is 0.292 e. The molecule has 2 fully saturated rings. The Morgan fingerprint density at radius 2 is 2.29 bits per heavy atom. The Morgan fingerprint density at radius 3 is 2.95 bits per heavy atom. The van der Waals surface area contributed by atoms with Crippen LogP contribution in [0.5, 0.6) is 0 Å². The molecule has 0 spiro atoms. The summed E-state index contributed by atoms with van der Waals surface area (Å²) >= 11 is 0. The zero-order valence-corrected chi connectivity index (χ0v) is 12.8. The van der Waals surface area contributed by atoms with Gasteiger partial charge in [0.2, 0.25) is 5.89 Å².